The van der Waals surface area contributed by atoms with Crippen LogP contribution in [-0.2, 0) is 6.54 Å². The molecule has 1 amide bonds. The van der Waals surface area contributed by atoms with Crippen LogP contribution < -0.4 is 10.1 Å². The van der Waals surface area contributed by atoms with Gasteiger partial charge in [0, 0.05) is 12.6 Å². The van der Waals surface area contributed by atoms with Gasteiger partial charge in [-0.3, -0.25) is 4.79 Å². The number of aromatic nitrogens is 3. The highest BCUT2D eigenvalue weighted by Gasteiger charge is 2.19. The van der Waals surface area contributed by atoms with Gasteiger partial charge in [0.25, 0.3) is 5.91 Å². The van der Waals surface area contributed by atoms with E-state index in [0.29, 0.717) is 28.9 Å². The molecule has 0 bridgehead atoms. The van der Waals surface area contributed by atoms with Crippen LogP contribution in [0.15, 0.2) is 48.0 Å². The first-order chi connectivity index (χ1) is 14.5. The maximum atomic E-state index is 13.1. The molecule has 3 heterocycles. The van der Waals surface area contributed by atoms with Crippen molar-refractivity contribution in [1.82, 2.24) is 20.1 Å². The van der Waals surface area contributed by atoms with Crippen LogP contribution in [0.25, 0.3) is 21.6 Å². The van der Waals surface area contributed by atoms with Gasteiger partial charge in [-0.25, -0.2) is 9.67 Å². The van der Waals surface area contributed by atoms with Crippen molar-refractivity contribution in [3.63, 3.8) is 0 Å². The number of nitrogens with zero attached hydrogens (tertiary/aromatic N) is 3. The number of hydrogen-bond donors (Lipinski definition) is 2. The van der Waals surface area contributed by atoms with Crippen molar-refractivity contribution in [2.24, 2.45) is 0 Å². The number of amides is 1. The van der Waals surface area contributed by atoms with Gasteiger partial charge in [-0.1, -0.05) is 12.1 Å². The monoisotopic (exact) mass is 422 g/mol. The largest absolute Gasteiger partial charge is 0.504 e. The van der Waals surface area contributed by atoms with Crippen LogP contribution in [0.5, 0.6) is 11.5 Å². The molecular weight excluding hydrogens is 400 g/mol. The van der Waals surface area contributed by atoms with Crippen molar-refractivity contribution in [1.29, 1.82) is 0 Å². The summed E-state index contributed by atoms with van der Waals surface area (Å²) in [6.07, 6.45) is 1.69. The van der Waals surface area contributed by atoms with E-state index in [0.717, 1.165) is 16.1 Å². The fourth-order valence-corrected chi connectivity index (χ4v) is 3.93. The number of carbonyl (C=O) groups is 1. The number of ether oxygens (including phenoxy) is 1. The van der Waals surface area contributed by atoms with E-state index in [-0.39, 0.29) is 17.7 Å². The van der Waals surface area contributed by atoms with Crippen molar-refractivity contribution in [2.45, 2.75) is 26.4 Å². The van der Waals surface area contributed by atoms with Crippen molar-refractivity contribution in [3.8, 4) is 22.1 Å². The van der Waals surface area contributed by atoms with Crippen LogP contribution in [-0.4, -0.2) is 32.9 Å². The molecular formula is C22H22N4O3S. The van der Waals surface area contributed by atoms with E-state index >= 15 is 0 Å². The average Bonchev–Trinajstić information content (AvgIpc) is 3.42. The maximum Gasteiger partial charge on any atom is 0.252 e. The molecule has 0 atom stereocenters. The molecule has 0 saturated carbocycles. The second-order valence-electron chi connectivity index (χ2n) is 7.14. The summed E-state index contributed by atoms with van der Waals surface area (Å²) < 4.78 is 6.96. The lowest BCUT2D eigenvalue weighted by molar-refractivity contribution is 0.0952. The van der Waals surface area contributed by atoms with Gasteiger partial charge >= 0.3 is 0 Å². The lowest BCUT2D eigenvalue weighted by Crippen LogP contribution is -2.23. The zero-order valence-corrected chi connectivity index (χ0v) is 17.7. The summed E-state index contributed by atoms with van der Waals surface area (Å²) in [4.78, 5) is 18.9. The minimum absolute atomic E-state index is 0.0603. The Morgan fingerprint density at radius 3 is 2.83 bits per heavy atom. The number of rotatable bonds is 6. The number of phenolic OH excluding ortho intramolecular Hbond substituents is 1. The minimum Gasteiger partial charge on any atom is -0.504 e. The Kier molecular flexibility index (Phi) is 5.41. The molecule has 4 aromatic rings. The second-order valence-corrected chi connectivity index (χ2v) is 8.09. The number of pyridine rings is 1. The molecule has 0 aliphatic carbocycles. The van der Waals surface area contributed by atoms with Crippen molar-refractivity contribution >= 4 is 28.3 Å². The number of aromatic hydroxyl groups is 1. The standard InChI is InChI=1S/C22H22N4O3S/c1-13(2)26-21-16(12-24-26)15(10-17(25-21)20-5-4-8-30-20)22(28)23-11-14-6-7-18(27)19(9-14)29-3/h4-10,12-13,27H,11H2,1-3H3,(H,23,28). The molecule has 0 aliphatic heterocycles. The zero-order valence-electron chi connectivity index (χ0n) is 16.9. The van der Waals surface area contributed by atoms with Gasteiger partial charge < -0.3 is 15.2 Å². The minimum atomic E-state index is -0.212. The number of nitrogens with one attached hydrogen (secondary N) is 1. The van der Waals surface area contributed by atoms with E-state index in [1.165, 1.54) is 7.11 Å². The molecule has 7 nitrogen and oxygen atoms in total. The quantitative estimate of drug-likeness (QED) is 0.481. The number of carbonyl (C=O) groups excluding carboxylic acids is 1. The van der Waals surface area contributed by atoms with E-state index in [2.05, 4.69) is 10.4 Å². The lowest BCUT2D eigenvalue weighted by atomic mass is 10.1. The molecule has 0 radical (unpaired) electrons. The zero-order chi connectivity index (χ0) is 21.3. The summed E-state index contributed by atoms with van der Waals surface area (Å²) in [5.41, 5.74) is 2.78. The number of methoxy groups -OCH3 is 1. The van der Waals surface area contributed by atoms with E-state index in [4.69, 9.17) is 9.72 Å². The Labute approximate surface area is 178 Å². The fraction of sp³-hybridized carbons (Fsp3) is 0.227. The molecule has 8 heteroatoms. The van der Waals surface area contributed by atoms with Gasteiger partial charge in [0.1, 0.15) is 0 Å². The topological polar surface area (TPSA) is 89.3 Å². The summed E-state index contributed by atoms with van der Waals surface area (Å²) in [6.45, 7) is 4.36. The van der Waals surface area contributed by atoms with E-state index < -0.39 is 0 Å². The third kappa shape index (κ3) is 3.73. The van der Waals surface area contributed by atoms with Crippen LogP contribution in [0, 0.1) is 0 Å². The molecule has 0 saturated heterocycles. The summed E-state index contributed by atoms with van der Waals surface area (Å²) in [6, 6.07) is 10.9. The van der Waals surface area contributed by atoms with Crippen molar-refractivity contribution in [2.75, 3.05) is 7.11 Å². The predicted octanol–water partition coefficient (Wildman–Crippen LogP) is 4.38. The normalized spacial score (nSPS) is 11.2. The van der Waals surface area contributed by atoms with Gasteiger partial charge in [-0.2, -0.15) is 5.10 Å². The van der Waals surface area contributed by atoms with Crippen LogP contribution >= 0.6 is 11.3 Å². The molecule has 2 N–H and O–H groups in total. The number of thiophene rings is 1. The van der Waals surface area contributed by atoms with E-state index in [1.807, 2.05) is 42.1 Å². The molecule has 0 spiro atoms. The summed E-state index contributed by atoms with van der Waals surface area (Å²) >= 11 is 1.58. The molecule has 4 rings (SSSR count). The van der Waals surface area contributed by atoms with Gasteiger partial charge in [-0.05, 0) is 49.1 Å². The summed E-state index contributed by atoms with van der Waals surface area (Å²) in [5, 5.41) is 19.8. The predicted molar refractivity (Wildman–Crippen MR) is 117 cm³/mol. The van der Waals surface area contributed by atoms with Crippen molar-refractivity contribution < 1.29 is 14.6 Å². The fourth-order valence-electron chi connectivity index (χ4n) is 3.24. The highest BCUT2D eigenvalue weighted by atomic mass is 32.1. The van der Waals surface area contributed by atoms with Gasteiger partial charge in [0.15, 0.2) is 17.1 Å². The Balaban J connectivity index is 1.69. The van der Waals surface area contributed by atoms with Crippen LogP contribution in [0.3, 0.4) is 0 Å². The van der Waals surface area contributed by atoms with Crippen molar-refractivity contribution in [3.05, 3.63) is 59.1 Å². The van der Waals surface area contributed by atoms with Crippen LogP contribution in [0.2, 0.25) is 0 Å². The maximum absolute atomic E-state index is 13.1. The van der Waals surface area contributed by atoms with Crippen LogP contribution in [0.1, 0.15) is 35.8 Å². The first kappa shape index (κ1) is 19.9. The molecule has 30 heavy (non-hydrogen) atoms. The SMILES string of the molecule is COc1cc(CNC(=O)c2cc(-c3cccs3)nc3c2cnn3C(C)C)ccc1O. The highest BCUT2D eigenvalue weighted by molar-refractivity contribution is 7.13. The Morgan fingerprint density at radius 1 is 1.30 bits per heavy atom. The third-order valence-corrected chi connectivity index (χ3v) is 5.66. The Hall–Kier alpha value is -3.39. The Morgan fingerprint density at radius 2 is 2.13 bits per heavy atom. The second kappa shape index (κ2) is 8.16. The van der Waals surface area contributed by atoms with Gasteiger partial charge in [0.05, 0.1) is 34.8 Å². The molecule has 0 unspecified atom stereocenters. The smallest absolute Gasteiger partial charge is 0.252 e. The summed E-state index contributed by atoms with van der Waals surface area (Å²) in [5.74, 6) is 0.215. The van der Waals surface area contributed by atoms with E-state index in [9.17, 15) is 9.90 Å². The number of benzene rings is 1. The first-order valence-electron chi connectivity index (χ1n) is 9.54. The first-order valence-corrected chi connectivity index (χ1v) is 10.4. The summed E-state index contributed by atoms with van der Waals surface area (Å²) in [7, 11) is 1.49. The number of fused-ring (bicyclic) bond motifs is 1. The molecule has 0 aliphatic rings. The van der Waals surface area contributed by atoms with Gasteiger partial charge in [-0.15, -0.1) is 11.3 Å². The molecule has 3 aromatic heterocycles. The number of phenols is 1. The van der Waals surface area contributed by atoms with Crippen LogP contribution in [0.4, 0.5) is 0 Å². The molecule has 154 valence electrons. The molecule has 1 aromatic carbocycles. The highest BCUT2D eigenvalue weighted by Crippen LogP contribution is 2.29. The van der Waals surface area contributed by atoms with E-state index in [1.54, 1.807) is 35.7 Å². The average molecular weight is 423 g/mol. The Bertz CT molecular complexity index is 1200. The lowest BCUT2D eigenvalue weighted by Gasteiger charge is -2.11. The third-order valence-electron chi connectivity index (χ3n) is 4.77. The van der Waals surface area contributed by atoms with Gasteiger partial charge in [0.2, 0.25) is 0 Å². The molecule has 0 fully saturated rings. The number of hydrogen-bond acceptors (Lipinski definition) is 6.